The van der Waals surface area contributed by atoms with Crippen molar-refractivity contribution in [2.75, 3.05) is 0 Å². The minimum atomic E-state index is -1.17. The van der Waals surface area contributed by atoms with Gasteiger partial charge in [0, 0.05) is 30.5 Å². The molecule has 0 bridgehead atoms. The Morgan fingerprint density at radius 1 is 1.78 bits per heavy atom. The molecular formula is C4H6N2O2S. The Labute approximate surface area is 57.0 Å². The van der Waals surface area contributed by atoms with Gasteiger partial charge in [0.05, 0.1) is 0 Å². The van der Waals surface area contributed by atoms with E-state index in [1.807, 2.05) is 0 Å². The maximum absolute atomic E-state index is 10.0. The predicted octanol–water partition coefficient (Wildman–Crippen LogP) is 1.21. The fourth-order valence-corrected chi connectivity index (χ4v) is 0.447. The molecule has 0 N–H and O–H groups in total. The van der Waals surface area contributed by atoms with Crippen molar-refractivity contribution in [3.05, 3.63) is 10.1 Å². The van der Waals surface area contributed by atoms with Crippen molar-refractivity contribution < 1.29 is 4.92 Å². The van der Waals surface area contributed by atoms with Crippen molar-refractivity contribution in [2.24, 2.45) is 0 Å². The Morgan fingerprint density at radius 3 is 2.33 bits per heavy atom. The van der Waals surface area contributed by atoms with Gasteiger partial charge in [-0.15, -0.1) is 0 Å². The summed E-state index contributed by atoms with van der Waals surface area (Å²) < 4.78 is 0. The Morgan fingerprint density at radius 2 is 2.22 bits per heavy atom. The largest absolute Gasteiger partial charge is 0.274 e. The minimum absolute atomic E-state index is 0.485. The first kappa shape index (κ1) is 8.24. The molecule has 0 aliphatic carbocycles. The summed E-state index contributed by atoms with van der Waals surface area (Å²) in [5, 5.41) is 19.8. The number of nitrogens with zero attached hydrogens (tertiary/aromatic N) is 2. The molecule has 0 aromatic carbocycles. The van der Waals surface area contributed by atoms with Gasteiger partial charge in [0.2, 0.25) is 0 Å². The van der Waals surface area contributed by atoms with Crippen LogP contribution in [0.5, 0.6) is 0 Å². The van der Waals surface area contributed by atoms with Gasteiger partial charge >= 0.3 is 0 Å². The molecule has 0 spiro atoms. The van der Waals surface area contributed by atoms with Gasteiger partial charge in [-0.2, -0.15) is 5.26 Å². The van der Waals surface area contributed by atoms with E-state index in [-0.39, 0.29) is 0 Å². The molecule has 0 aromatic heterocycles. The number of thioether (sulfide) groups is 1. The summed E-state index contributed by atoms with van der Waals surface area (Å²) in [7, 11) is 0. The Hall–Kier alpha value is -0.760. The van der Waals surface area contributed by atoms with Gasteiger partial charge in [0.25, 0.3) is 4.87 Å². The smallest absolute Gasteiger partial charge is 0.263 e. The first-order valence-corrected chi connectivity index (χ1v) is 3.04. The molecule has 0 aromatic rings. The van der Waals surface area contributed by atoms with Crippen molar-refractivity contribution in [2.45, 2.75) is 18.7 Å². The zero-order chi connectivity index (χ0) is 7.49. The van der Waals surface area contributed by atoms with E-state index >= 15 is 0 Å². The number of hydrogen-bond donors (Lipinski definition) is 0. The van der Waals surface area contributed by atoms with Crippen LogP contribution >= 0.6 is 11.8 Å². The van der Waals surface area contributed by atoms with Gasteiger partial charge in [0.15, 0.2) is 0 Å². The number of thiocyanates is 1. The molecule has 0 fully saturated rings. The lowest BCUT2D eigenvalue weighted by Gasteiger charge is -2.07. The summed E-state index contributed by atoms with van der Waals surface area (Å²) in [6.45, 7) is 2.78. The monoisotopic (exact) mass is 146 g/mol. The van der Waals surface area contributed by atoms with Gasteiger partial charge < -0.3 is 0 Å². The van der Waals surface area contributed by atoms with Crippen molar-refractivity contribution in [1.82, 2.24) is 0 Å². The van der Waals surface area contributed by atoms with E-state index in [2.05, 4.69) is 0 Å². The molecule has 0 heterocycles. The highest BCUT2D eigenvalue weighted by Crippen LogP contribution is 2.22. The van der Waals surface area contributed by atoms with Crippen LogP contribution in [0.2, 0.25) is 0 Å². The molecule has 0 amide bonds. The van der Waals surface area contributed by atoms with Crippen LogP contribution in [-0.4, -0.2) is 9.79 Å². The van der Waals surface area contributed by atoms with Crippen LogP contribution in [0.15, 0.2) is 0 Å². The SMILES string of the molecule is CC(C)(SC#N)[N+](=O)[O-]. The lowest BCUT2D eigenvalue weighted by atomic mass is 10.4. The van der Waals surface area contributed by atoms with E-state index in [0.29, 0.717) is 11.8 Å². The average Bonchev–Trinajstić information content (AvgIpc) is 1.65. The van der Waals surface area contributed by atoms with Crippen LogP contribution in [0.4, 0.5) is 0 Å². The molecule has 4 nitrogen and oxygen atoms in total. The standard InChI is InChI=1S/C4H6N2O2S/c1-4(2,6(7)8)9-3-5/h1-2H3. The fourth-order valence-electron chi connectivity index (χ4n) is 0.149. The van der Waals surface area contributed by atoms with Crippen LogP contribution in [0.3, 0.4) is 0 Å². The maximum Gasteiger partial charge on any atom is 0.274 e. The van der Waals surface area contributed by atoms with Gasteiger partial charge in [-0.3, -0.25) is 10.1 Å². The average molecular weight is 146 g/mol. The topological polar surface area (TPSA) is 66.9 Å². The van der Waals surface area contributed by atoms with Crippen LogP contribution in [0.25, 0.3) is 0 Å². The van der Waals surface area contributed by atoms with Crippen LogP contribution in [0, 0.1) is 20.8 Å². The Kier molecular flexibility index (Phi) is 2.46. The van der Waals surface area contributed by atoms with Crippen LogP contribution < -0.4 is 0 Å². The summed E-state index contributed by atoms with van der Waals surface area (Å²) in [4.78, 5) is 8.39. The van der Waals surface area contributed by atoms with E-state index in [0.717, 1.165) is 0 Å². The van der Waals surface area contributed by atoms with Gasteiger partial charge in [-0.1, -0.05) is 0 Å². The zero-order valence-electron chi connectivity index (χ0n) is 5.12. The lowest BCUT2D eigenvalue weighted by Crippen LogP contribution is -2.25. The third kappa shape index (κ3) is 2.33. The number of hydrogen-bond acceptors (Lipinski definition) is 4. The third-order valence-corrected chi connectivity index (χ3v) is 1.47. The number of nitriles is 1. The molecular weight excluding hydrogens is 140 g/mol. The van der Waals surface area contributed by atoms with Crippen LogP contribution in [-0.2, 0) is 0 Å². The molecule has 9 heavy (non-hydrogen) atoms. The summed E-state index contributed by atoms with van der Waals surface area (Å²) in [6.07, 6.45) is 0. The molecule has 0 aliphatic heterocycles. The van der Waals surface area contributed by atoms with Gasteiger partial charge in [0.1, 0.15) is 5.40 Å². The Balaban J connectivity index is 4.06. The molecule has 0 aliphatic rings. The molecule has 0 saturated carbocycles. The molecule has 0 saturated heterocycles. The van der Waals surface area contributed by atoms with Crippen LogP contribution in [0.1, 0.15) is 13.8 Å². The summed E-state index contributed by atoms with van der Waals surface area (Å²) >= 11 is 0.648. The predicted molar refractivity (Wildman–Crippen MR) is 34.3 cm³/mol. The first-order valence-electron chi connectivity index (χ1n) is 2.22. The summed E-state index contributed by atoms with van der Waals surface area (Å²) in [5.41, 5.74) is 0. The molecule has 0 radical (unpaired) electrons. The lowest BCUT2D eigenvalue weighted by molar-refractivity contribution is -0.528. The molecule has 0 rings (SSSR count). The molecule has 0 atom stereocenters. The first-order chi connectivity index (χ1) is 4.00. The number of rotatable bonds is 2. The van der Waals surface area contributed by atoms with Crippen molar-refractivity contribution in [3.8, 4) is 5.40 Å². The normalized spacial score (nSPS) is 10.3. The quantitative estimate of drug-likeness (QED) is 0.254. The molecule has 5 heteroatoms. The molecule has 0 unspecified atom stereocenters. The minimum Gasteiger partial charge on any atom is -0.263 e. The van der Waals surface area contributed by atoms with Gasteiger partial charge in [-0.05, 0) is 0 Å². The van der Waals surface area contributed by atoms with E-state index in [1.165, 1.54) is 13.8 Å². The van der Waals surface area contributed by atoms with E-state index in [4.69, 9.17) is 5.26 Å². The summed E-state index contributed by atoms with van der Waals surface area (Å²) in [6, 6.07) is 0. The second-order valence-corrected chi connectivity index (χ2v) is 3.28. The third-order valence-electron chi connectivity index (χ3n) is 0.735. The van der Waals surface area contributed by atoms with E-state index < -0.39 is 9.79 Å². The second-order valence-electron chi connectivity index (χ2n) is 1.90. The fraction of sp³-hybridized carbons (Fsp3) is 0.750. The van der Waals surface area contributed by atoms with Gasteiger partial charge in [-0.25, -0.2) is 0 Å². The molecule has 50 valence electrons. The maximum atomic E-state index is 10.0. The highest BCUT2D eigenvalue weighted by atomic mass is 32.2. The zero-order valence-corrected chi connectivity index (χ0v) is 5.94. The highest BCUT2D eigenvalue weighted by Gasteiger charge is 2.31. The van der Waals surface area contributed by atoms with Crippen molar-refractivity contribution >= 4 is 11.8 Å². The van der Waals surface area contributed by atoms with E-state index in [1.54, 1.807) is 5.40 Å². The number of nitro groups is 1. The highest BCUT2D eigenvalue weighted by molar-refractivity contribution is 8.04. The van der Waals surface area contributed by atoms with Crippen molar-refractivity contribution in [1.29, 1.82) is 5.26 Å². The second kappa shape index (κ2) is 2.69. The van der Waals surface area contributed by atoms with E-state index in [9.17, 15) is 10.1 Å². The van der Waals surface area contributed by atoms with Crippen molar-refractivity contribution in [3.63, 3.8) is 0 Å². The Bertz CT molecular complexity index is 160. The summed E-state index contributed by atoms with van der Waals surface area (Å²) in [5.74, 6) is 0.